The van der Waals surface area contributed by atoms with E-state index in [0.29, 0.717) is 19.6 Å². The highest BCUT2D eigenvalue weighted by atomic mass is 16.5. The summed E-state index contributed by atoms with van der Waals surface area (Å²) in [6.45, 7) is 2.06. The largest absolute Gasteiger partial charge is 0.396 e. The Bertz CT molecular complexity index is 424. The molecule has 2 atom stereocenters. The summed E-state index contributed by atoms with van der Waals surface area (Å²) in [5.74, 6) is -0.112. The van der Waals surface area contributed by atoms with E-state index in [9.17, 15) is 9.90 Å². The van der Waals surface area contributed by atoms with Crippen LogP contribution in [0.4, 0.5) is 0 Å². The summed E-state index contributed by atoms with van der Waals surface area (Å²) < 4.78 is 5.51. The maximum Gasteiger partial charge on any atom is 0.250 e. The zero-order valence-corrected chi connectivity index (χ0v) is 11.8. The molecule has 0 aromatic heterocycles. The summed E-state index contributed by atoms with van der Waals surface area (Å²) in [4.78, 5) is 14.3. The average molecular weight is 278 g/mol. The number of hydrogen-bond donors (Lipinski definition) is 2. The second kappa shape index (κ2) is 7.38. The fourth-order valence-corrected chi connectivity index (χ4v) is 2.34. The molecule has 1 aromatic rings. The van der Waals surface area contributed by atoms with Gasteiger partial charge in [0.25, 0.3) is 5.91 Å². The normalized spacial score (nSPS) is 21.4. The van der Waals surface area contributed by atoms with Gasteiger partial charge in [0.2, 0.25) is 0 Å². The summed E-state index contributed by atoms with van der Waals surface area (Å²) in [5.41, 5.74) is 0.999. The topological polar surface area (TPSA) is 61.8 Å². The summed E-state index contributed by atoms with van der Waals surface area (Å²) in [6.07, 6.45) is 0.0665. The molecular formula is C15H22N2O3. The van der Waals surface area contributed by atoms with Gasteiger partial charge in [0.05, 0.1) is 12.6 Å². The quantitative estimate of drug-likeness (QED) is 0.826. The summed E-state index contributed by atoms with van der Waals surface area (Å²) in [7, 11) is 1.98. The fraction of sp³-hybridized carbons (Fsp3) is 0.533. The van der Waals surface area contributed by atoms with E-state index in [-0.39, 0.29) is 18.6 Å². The van der Waals surface area contributed by atoms with Gasteiger partial charge in [-0.15, -0.1) is 0 Å². The van der Waals surface area contributed by atoms with Crippen molar-refractivity contribution in [2.45, 2.75) is 18.6 Å². The predicted octanol–water partition coefficient (Wildman–Crippen LogP) is 0.557. The van der Waals surface area contributed by atoms with Crippen molar-refractivity contribution < 1.29 is 14.6 Å². The lowest BCUT2D eigenvalue weighted by Crippen LogP contribution is -2.49. The van der Waals surface area contributed by atoms with E-state index < -0.39 is 6.10 Å². The molecule has 0 spiro atoms. The minimum Gasteiger partial charge on any atom is -0.396 e. The van der Waals surface area contributed by atoms with Gasteiger partial charge in [0.1, 0.15) is 6.10 Å². The molecule has 1 heterocycles. The number of ether oxygens (including phenoxy) is 1. The van der Waals surface area contributed by atoms with Crippen molar-refractivity contribution in [3.05, 3.63) is 35.9 Å². The smallest absolute Gasteiger partial charge is 0.250 e. The van der Waals surface area contributed by atoms with Gasteiger partial charge in [-0.05, 0) is 19.0 Å². The molecule has 1 fully saturated rings. The Balaban J connectivity index is 1.99. The van der Waals surface area contributed by atoms with E-state index in [2.05, 4.69) is 10.2 Å². The fourth-order valence-electron chi connectivity index (χ4n) is 2.34. The molecule has 2 rings (SSSR count). The van der Waals surface area contributed by atoms with E-state index in [1.54, 1.807) is 0 Å². The van der Waals surface area contributed by atoms with E-state index in [0.717, 1.165) is 12.1 Å². The molecule has 0 saturated carbocycles. The lowest BCUT2D eigenvalue weighted by Gasteiger charge is -2.30. The monoisotopic (exact) mass is 278 g/mol. The number of carbonyl (C=O) groups is 1. The molecule has 5 nitrogen and oxygen atoms in total. The van der Waals surface area contributed by atoms with Gasteiger partial charge in [-0.2, -0.15) is 0 Å². The number of nitrogens with zero attached hydrogens (tertiary/aromatic N) is 1. The van der Waals surface area contributed by atoms with Gasteiger partial charge in [0.15, 0.2) is 0 Å². The van der Waals surface area contributed by atoms with Crippen molar-refractivity contribution in [3.63, 3.8) is 0 Å². The van der Waals surface area contributed by atoms with Gasteiger partial charge < -0.3 is 20.1 Å². The third-order valence-corrected chi connectivity index (χ3v) is 3.50. The SMILES string of the molecule is CN1CCOC(C(=O)NC(CCO)c2ccccc2)C1. The van der Waals surface area contributed by atoms with Crippen molar-refractivity contribution in [3.8, 4) is 0 Å². The van der Waals surface area contributed by atoms with Crippen LogP contribution in [0.2, 0.25) is 0 Å². The second-order valence-electron chi connectivity index (χ2n) is 5.11. The summed E-state index contributed by atoms with van der Waals surface area (Å²) >= 11 is 0. The number of amides is 1. The molecule has 1 aliphatic heterocycles. The molecule has 0 radical (unpaired) electrons. The number of nitrogens with one attached hydrogen (secondary N) is 1. The van der Waals surface area contributed by atoms with Crippen molar-refractivity contribution in [2.75, 3.05) is 33.4 Å². The van der Waals surface area contributed by atoms with Crippen LogP contribution in [0, 0.1) is 0 Å². The second-order valence-corrected chi connectivity index (χ2v) is 5.11. The van der Waals surface area contributed by atoms with Crippen LogP contribution in [0.3, 0.4) is 0 Å². The highest BCUT2D eigenvalue weighted by Crippen LogP contribution is 2.17. The number of aliphatic hydroxyl groups is 1. The first kappa shape index (κ1) is 15.0. The molecule has 20 heavy (non-hydrogen) atoms. The van der Waals surface area contributed by atoms with E-state index >= 15 is 0 Å². The van der Waals surface area contributed by atoms with Crippen LogP contribution >= 0.6 is 0 Å². The van der Waals surface area contributed by atoms with Crippen LogP contribution in [-0.2, 0) is 9.53 Å². The highest BCUT2D eigenvalue weighted by molar-refractivity contribution is 5.81. The number of likely N-dealkylation sites (N-methyl/N-ethyl adjacent to an activating group) is 1. The van der Waals surface area contributed by atoms with Gasteiger partial charge in [-0.3, -0.25) is 4.79 Å². The van der Waals surface area contributed by atoms with Gasteiger partial charge >= 0.3 is 0 Å². The Morgan fingerprint density at radius 2 is 2.25 bits per heavy atom. The molecule has 2 unspecified atom stereocenters. The standard InChI is InChI=1S/C15H22N2O3/c1-17-8-10-20-14(11-17)15(19)16-13(7-9-18)12-5-3-2-4-6-12/h2-6,13-14,18H,7-11H2,1H3,(H,16,19). The lowest BCUT2D eigenvalue weighted by atomic mass is 10.0. The van der Waals surface area contributed by atoms with Crippen LogP contribution < -0.4 is 5.32 Å². The van der Waals surface area contributed by atoms with E-state index in [4.69, 9.17) is 4.74 Å². The van der Waals surface area contributed by atoms with Gasteiger partial charge in [0, 0.05) is 19.7 Å². The molecule has 1 aliphatic rings. The van der Waals surface area contributed by atoms with Crippen LogP contribution in [0.1, 0.15) is 18.0 Å². The van der Waals surface area contributed by atoms with Crippen molar-refractivity contribution in [1.29, 1.82) is 0 Å². The highest BCUT2D eigenvalue weighted by Gasteiger charge is 2.26. The lowest BCUT2D eigenvalue weighted by molar-refractivity contribution is -0.138. The number of rotatable bonds is 5. The Morgan fingerprint density at radius 3 is 2.90 bits per heavy atom. The van der Waals surface area contributed by atoms with Crippen LogP contribution in [0.5, 0.6) is 0 Å². The summed E-state index contributed by atoms with van der Waals surface area (Å²) in [5, 5.41) is 12.1. The number of carbonyl (C=O) groups excluding carboxylic acids is 1. The Kier molecular flexibility index (Phi) is 5.52. The molecule has 0 aliphatic carbocycles. The number of benzene rings is 1. The maximum absolute atomic E-state index is 12.3. The van der Waals surface area contributed by atoms with Crippen molar-refractivity contribution in [2.24, 2.45) is 0 Å². The Morgan fingerprint density at radius 1 is 1.50 bits per heavy atom. The third-order valence-electron chi connectivity index (χ3n) is 3.50. The zero-order chi connectivity index (χ0) is 14.4. The van der Waals surface area contributed by atoms with Crippen LogP contribution in [-0.4, -0.2) is 55.4 Å². The van der Waals surface area contributed by atoms with Gasteiger partial charge in [-0.25, -0.2) is 0 Å². The number of morpholine rings is 1. The first-order valence-electron chi connectivity index (χ1n) is 6.97. The molecule has 2 N–H and O–H groups in total. The molecule has 1 amide bonds. The van der Waals surface area contributed by atoms with E-state index in [1.165, 1.54) is 0 Å². The minimum atomic E-state index is -0.432. The Labute approximate surface area is 119 Å². The molecular weight excluding hydrogens is 256 g/mol. The van der Waals surface area contributed by atoms with Crippen molar-refractivity contribution >= 4 is 5.91 Å². The van der Waals surface area contributed by atoms with Gasteiger partial charge in [-0.1, -0.05) is 30.3 Å². The first-order valence-corrected chi connectivity index (χ1v) is 6.97. The predicted molar refractivity (Wildman–Crippen MR) is 76.3 cm³/mol. The van der Waals surface area contributed by atoms with Crippen LogP contribution in [0.15, 0.2) is 30.3 Å². The molecule has 110 valence electrons. The maximum atomic E-state index is 12.3. The first-order chi connectivity index (χ1) is 9.70. The van der Waals surface area contributed by atoms with E-state index in [1.807, 2.05) is 37.4 Å². The molecule has 0 bridgehead atoms. The van der Waals surface area contributed by atoms with Crippen molar-refractivity contribution in [1.82, 2.24) is 10.2 Å². The minimum absolute atomic E-state index is 0.0330. The zero-order valence-electron chi connectivity index (χ0n) is 11.8. The molecule has 1 aromatic carbocycles. The number of hydrogen-bond acceptors (Lipinski definition) is 4. The molecule has 1 saturated heterocycles. The summed E-state index contributed by atoms with van der Waals surface area (Å²) in [6, 6.07) is 9.52. The third kappa shape index (κ3) is 4.03. The molecule has 5 heteroatoms. The van der Waals surface area contributed by atoms with Crippen LogP contribution in [0.25, 0.3) is 0 Å². The average Bonchev–Trinajstić information content (AvgIpc) is 2.47. The number of aliphatic hydroxyl groups excluding tert-OH is 1. The Hall–Kier alpha value is -1.43.